The van der Waals surface area contributed by atoms with E-state index in [1.807, 2.05) is 0 Å². The summed E-state index contributed by atoms with van der Waals surface area (Å²) in [4.78, 5) is 0. The highest BCUT2D eigenvalue weighted by Gasteiger charge is 2.28. The van der Waals surface area contributed by atoms with Crippen LogP contribution in [0.4, 0.5) is 0 Å². The first-order chi connectivity index (χ1) is 7.65. The Labute approximate surface area is 107 Å². The molecule has 2 rings (SSSR count). The minimum Gasteiger partial charge on any atom is -0.311 e. The van der Waals surface area contributed by atoms with Gasteiger partial charge in [-0.3, -0.25) is 0 Å². The van der Waals surface area contributed by atoms with E-state index >= 15 is 0 Å². The first kappa shape index (κ1) is 12.1. The highest BCUT2D eigenvalue weighted by atomic mass is 79.9. The molecule has 2 heteroatoms. The molecule has 0 heterocycles. The summed E-state index contributed by atoms with van der Waals surface area (Å²) in [5.74, 6) is 0.937. The standard InChI is InChI=1S/C14H20BrN/c1-10(16-11(2)13-5-6-13)9-12-3-7-14(15)8-4-12/h3-4,7-8,10-11,13,16H,5-6,9H2,1-2H3. The van der Waals surface area contributed by atoms with E-state index in [4.69, 9.17) is 0 Å². The van der Waals surface area contributed by atoms with Crippen LogP contribution in [0.25, 0.3) is 0 Å². The molecular weight excluding hydrogens is 262 g/mol. The second-order valence-corrected chi connectivity index (χ2v) is 5.94. The summed E-state index contributed by atoms with van der Waals surface area (Å²) in [5, 5.41) is 3.69. The van der Waals surface area contributed by atoms with Gasteiger partial charge in [0.1, 0.15) is 0 Å². The second kappa shape index (κ2) is 5.33. The van der Waals surface area contributed by atoms with E-state index in [9.17, 15) is 0 Å². The third-order valence-electron chi connectivity index (χ3n) is 3.33. The van der Waals surface area contributed by atoms with E-state index in [2.05, 4.69) is 59.4 Å². The summed E-state index contributed by atoms with van der Waals surface area (Å²) in [5.41, 5.74) is 1.41. The number of benzene rings is 1. The highest BCUT2D eigenvalue weighted by molar-refractivity contribution is 9.10. The van der Waals surface area contributed by atoms with Crippen molar-refractivity contribution in [3.63, 3.8) is 0 Å². The lowest BCUT2D eigenvalue weighted by Crippen LogP contribution is -2.37. The topological polar surface area (TPSA) is 12.0 Å². The van der Waals surface area contributed by atoms with Crippen molar-refractivity contribution in [3.05, 3.63) is 34.3 Å². The Morgan fingerprint density at radius 1 is 1.25 bits per heavy atom. The molecule has 1 aliphatic carbocycles. The van der Waals surface area contributed by atoms with Gasteiger partial charge < -0.3 is 5.32 Å². The Morgan fingerprint density at radius 3 is 2.44 bits per heavy atom. The molecule has 2 atom stereocenters. The van der Waals surface area contributed by atoms with Gasteiger partial charge in [0.2, 0.25) is 0 Å². The molecule has 1 aliphatic rings. The Balaban J connectivity index is 1.81. The molecular formula is C14H20BrN. The first-order valence-electron chi connectivity index (χ1n) is 6.15. The van der Waals surface area contributed by atoms with Crippen LogP contribution in [0.2, 0.25) is 0 Å². The van der Waals surface area contributed by atoms with Crippen molar-refractivity contribution in [1.29, 1.82) is 0 Å². The molecule has 0 aromatic heterocycles. The van der Waals surface area contributed by atoms with Crippen molar-refractivity contribution in [2.24, 2.45) is 5.92 Å². The Morgan fingerprint density at radius 2 is 1.88 bits per heavy atom. The smallest absolute Gasteiger partial charge is 0.0175 e. The van der Waals surface area contributed by atoms with E-state index in [1.54, 1.807) is 0 Å². The molecule has 2 unspecified atom stereocenters. The zero-order chi connectivity index (χ0) is 11.5. The lowest BCUT2D eigenvalue weighted by molar-refractivity contribution is 0.430. The number of hydrogen-bond acceptors (Lipinski definition) is 1. The van der Waals surface area contributed by atoms with Crippen molar-refractivity contribution in [2.75, 3.05) is 0 Å². The van der Waals surface area contributed by atoms with Gasteiger partial charge in [0.25, 0.3) is 0 Å². The van der Waals surface area contributed by atoms with Crippen molar-refractivity contribution in [3.8, 4) is 0 Å². The maximum Gasteiger partial charge on any atom is 0.0175 e. The van der Waals surface area contributed by atoms with Crippen molar-refractivity contribution in [1.82, 2.24) is 5.32 Å². The van der Waals surface area contributed by atoms with Crippen molar-refractivity contribution in [2.45, 2.75) is 45.2 Å². The average molecular weight is 282 g/mol. The SMILES string of the molecule is CC(Cc1ccc(Br)cc1)NC(C)C1CC1. The van der Waals surface area contributed by atoms with E-state index in [0.29, 0.717) is 12.1 Å². The number of hydrogen-bond donors (Lipinski definition) is 1. The van der Waals surface area contributed by atoms with Crippen molar-refractivity contribution < 1.29 is 0 Å². The normalized spacial score (nSPS) is 19.4. The van der Waals surface area contributed by atoms with Gasteiger partial charge >= 0.3 is 0 Å². The van der Waals surface area contributed by atoms with E-state index < -0.39 is 0 Å². The summed E-state index contributed by atoms with van der Waals surface area (Å²) < 4.78 is 1.16. The van der Waals surface area contributed by atoms with E-state index in [1.165, 1.54) is 18.4 Å². The molecule has 0 amide bonds. The van der Waals surface area contributed by atoms with Gasteiger partial charge in [-0.15, -0.1) is 0 Å². The molecule has 16 heavy (non-hydrogen) atoms. The van der Waals surface area contributed by atoms with Crippen LogP contribution in [-0.4, -0.2) is 12.1 Å². The van der Waals surface area contributed by atoms with Crippen LogP contribution in [0.1, 0.15) is 32.3 Å². The molecule has 0 spiro atoms. The van der Waals surface area contributed by atoms with Crippen LogP contribution < -0.4 is 5.32 Å². The fourth-order valence-corrected chi connectivity index (χ4v) is 2.48. The molecule has 0 bridgehead atoms. The van der Waals surface area contributed by atoms with Crippen LogP contribution in [0.5, 0.6) is 0 Å². The molecule has 1 N–H and O–H groups in total. The van der Waals surface area contributed by atoms with Gasteiger partial charge in [-0.2, -0.15) is 0 Å². The third kappa shape index (κ3) is 3.60. The van der Waals surface area contributed by atoms with Crippen LogP contribution in [0.3, 0.4) is 0 Å². The van der Waals surface area contributed by atoms with Crippen LogP contribution in [0.15, 0.2) is 28.7 Å². The molecule has 0 saturated heterocycles. The predicted molar refractivity (Wildman–Crippen MR) is 72.6 cm³/mol. The number of rotatable bonds is 5. The molecule has 1 nitrogen and oxygen atoms in total. The van der Waals surface area contributed by atoms with Crippen LogP contribution >= 0.6 is 15.9 Å². The monoisotopic (exact) mass is 281 g/mol. The summed E-state index contributed by atoms with van der Waals surface area (Å²) in [6.45, 7) is 4.59. The summed E-state index contributed by atoms with van der Waals surface area (Å²) in [6.07, 6.45) is 3.95. The summed E-state index contributed by atoms with van der Waals surface area (Å²) in [7, 11) is 0. The van der Waals surface area contributed by atoms with Gasteiger partial charge in [-0.1, -0.05) is 28.1 Å². The van der Waals surface area contributed by atoms with Gasteiger partial charge in [0.05, 0.1) is 0 Å². The Hall–Kier alpha value is -0.340. The fourth-order valence-electron chi connectivity index (χ4n) is 2.21. The zero-order valence-electron chi connectivity index (χ0n) is 10.0. The molecule has 1 fully saturated rings. The summed E-state index contributed by atoms with van der Waals surface area (Å²) >= 11 is 3.46. The largest absolute Gasteiger partial charge is 0.311 e. The quantitative estimate of drug-likeness (QED) is 0.867. The molecule has 1 aromatic carbocycles. The van der Waals surface area contributed by atoms with Crippen LogP contribution in [-0.2, 0) is 6.42 Å². The van der Waals surface area contributed by atoms with Gasteiger partial charge in [-0.25, -0.2) is 0 Å². The Bertz CT molecular complexity index is 329. The highest BCUT2D eigenvalue weighted by Crippen LogP contribution is 2.32. The maximum atomic E-state index is 3.69. The Kier molecular flexibility index (Phi) is 4.04. The van der Waals surface area contributed by atoms with Gasteiger partial charge in [0, 0.05) is 16.6 Å². The second-order valence-electron chi connectivity index (χ2n) is 5.02. The maximum absolute atomic E-state index is 3.69. The molecule has 0 aliphatic heterocycles. The van der Waals surface area contributed by atoms with E-state index in [0.717, 1.165) is 16.8 Å². The van der Waals surface area contributed by atoms with Crippen LogP contribution in [0, 0.1) is 5.92 Å². The first-order valence-corrected chi connectivity index (χ1v) is 6.95. The lowest BCUT2D eigenvalue weighted by Gasteiger charge is -2.19. The fraction of sp³-hybridized carbons (Fsp3) is 0.571. The minimum atomic E-state index is 0.566. The molecule has 88 valence electrons. The zero-order valence-corrected chi connectivity index (χ0v) is 11.6. The number of halogens is 1. The van der Waals surface area contributed by atoms with Gasteiger partial charge in [-0.05, 0) is 56.7 Å². The molecule has 1 aromatic rings. The van der Waals surface area contributed by atoms with Gasteiger partial charge in [0.15, 0.2) is 0 Å². The third-order valence-corrected chi connectivity index (χ3v) is 3.86. The molecule has 0 radical (unpaired) electrons. The number of nitrogens with one attached hydrogen (secondary N) is 1. The average Bonchev–Trinajstić information content (AvgIpc) is 3.04. The van der Waals surface area contributed by atoms with Crippen molar-refractivity contribution >= 4 is 15.9 Å². The lowest BCUT2D eigenvalue weighted by atomic mass is 10.1. The minimum absolute atomic E-state index is 0.566. The predicted octanol–water partition coefficient (Wildman–Crippen LogP) is 3.77. The summed E-state index contributed by atoms with van der Waals surface area (Å²) in [6, 6.07) is 9.88. The molecule has 1 saturated carbocycles. The van der Waals surface area contributed by atoms with E-state index in [-0.39, 0.29) is 0 Å².